The lowest BCUT2D eigenvalue weighted by Gasteiger charge is -2.17. The molecule has 5 aromatic rings. The summed E-state index contributed by atoms with van der Waals surface area (Å²) in [4.78, 5) is 18.6. The van der Waals surface area contributed by atoms with Crippen molar-refractivity contribution >= 4 is 28.7 Å². The van der Waals surface area contributed by atoms with Crippen LogP contribution in [0.1, 0.15) is 42.0 Å². The van der Waals surface area contributed by atoms with Crippen molar-refractivity contribution in [2.75, 3.05) is 7.11 Å². The molecule has 0 aliphatic rings. The van der Waals surface area contributed by atoms with E-state index < -0.39 is 0 Å². The fraction of sp³-hybridized carbons (Fsp3) is 0.182. The predicted octanol–water partition coefficient (Wildman–Crippen LogP) is 7.62. The van der Waals surface area contributed by atoms with E-state index in [0.29, 0.717) is 34.1 Å². The number of benzene rings is 4. The van der Waals surface area contributed by atoms with Gasteiger partial charge in [0, 0.05) is 16.1 Å². The predicted molar refractivity (Wildman–Crippen MR) is 162 cm³/mol. The van der Waals surface area contributed by atoms with Crippen molar-refractivity contribution in [3.05, 3.63) is 123 Å². The zero-order valence-corrected chi connectivity index (χ0v) is 23.6. The summed E-state index contributed by atoms with van der Waals surface area (Å²) in [5.74, 6) is 2.16. The number of methoxy groups -OCH3 is 1. The third kappa shape index (κ3) is 5.63. The van der Waals surface area contributed by atoms with Gasteiger partial charge in [-0.15, -0.1) is 0 Å². The van der Waals surface area contributed by atoms with E-state index in [1.807, 2.05) is 85.8 Å². The van der Waals surface area contributed by atoms with Gasteiger partial charge in [0.2, 0.25) is 0 Å². The highest BCUT2D eigenvalue weighted by molar-refractivity contribution is 6.31. The summed E-state index contributed by atoms with van der Waals surface area (Å²) in [5, 5.41) is 5.80. The average molecular weight is 552 g/mol. The monoisotopic (exact) mass is 551 g/mol. The number of ether oxygens (including phenoxy) is 2. The molecule has 5 rings (SSSR count). The van der Waals surface area contributed by atoms with Gasteiger partial charge < -0.3 is 9.47 Å². The minimum absolute atomic E-state index is 0.215. The first-order valence-electron chi connectivity index (χ1n) is 13.1. The van der Waals surface area contributed by atoms with E-state index in [2.05, 4.69) is 18.9 Å². The van der Waals surface area contributed by atoms with Crippen LogP contribution in [0.15, 0.2) is 94.8 Å². The molecule has 0 amide bonds. The van der Waals surface area contributed by atoms with Crippen molar-refractivity contribution in [1.29, 1.82) is 0 Å². The van der Waals surface area contributed by atoms with E-state index in [1.165, 1.54) is 4.68 Å². The molecular weight excluding hydrogens is 522 g/mol. The lowest BCUT2D eigenvalue weighted by molar-refractivity contribution is 0.306. The highest BCUT2D eigenvalue weighted by Gasteiger charge is 2.18. The molecule has 1 aromatic heterocycles. The van der Waals surface area contributed by atoms with Crippen LogP contribution in [0.4, 0.5) is 0 Å². The molecule has 40 heavy (non-hydrogen) atoms. The number of aromatic nitrogens is 2. The van der Waals surface area contributed by atoms with Crippen LogP contribution in [-0.4, -0.2) is 23.0 Å². The number of rotatable bonds is 8. The van der Waals surface area contributed by atoms with Crippen LogP contribution in [0.25, 0.3) is 22.3 Å². The Labute approximate surface area is 238 Å². The fourth-order valence-corrected chi connectivity index (χ4v) is 4.75. The van der Waals surface area contributed by atoms with Crippen LogP contribution in [-0.2, 0) is 6.61 Å². The minimum Gasteiger partial charge on any atom is -0.496 e. The Kier molecular flexibility index (Phi) is 7.99. The molecule has 0 unspecified atom stereocenters. The maximum absolute atomic E-state index is 13.7. The van der Waals surface area contributed by atoms with E-state index in [9.17, 15) is 4.79 Å². The maximum atomic E-state index is 13.7. The Balaban J connectivity index is 1.57. The molecule has 0 N–H and O–H groups in total. The smallest absolute Gasteiger partial charge is 0.282 e. The minimum atomic E-state index is -0.246. The topological polar surface area (TPSA) is 65.7 Å². The molecule has 7 heteroatoms. The molecule has 202 valence electrons. The molecule has 0 saturated heterocycles. The van der Waals surface area contributed by atoms with Gasteiger partial charge in [0.15, 0.2) is 5.82 Å². The number of fused-ring (bicyclic) bond motifs is 1. The third-order valence-corrected chi connectivity index (χ3v) is 7.09. The molecule has 1 heterocycles. The molecule has 0 spiro atoms. The Morgan fingerprint density at radius 1 is 1.00 bits per heavy atom. The lowest BCUT2D eigenvalue weighted by atomic mass is 9.96. The molecule has 0 fully saturated rings. The molecule has 0 atom stereocenters. The average Bonchev–Trinajstić information content (AvgIpc) is 2.96. The highest BCUT2D eigenvalue weighted by atomic mass is 35.5. The van der Waals surface area contributed by atoms with Gasteiger partial charge >= 0.3 is 0 Å². The van der Waals surface area contributed by atoms with Crippen LogP contribution in [0, 0.1) is 6.92 Å². The summed E-state index contributed by atoms with van der Waals surface area (Å²) in [7, 11) is 1.67. The largest absolute Gasteiger partial charge is 0.496 e. The first kappa shape index (κ1) is 27.2. The summed E-state index contributed by atoms with van der Waals surface area (Å²) in [6.07, 6.45) is 1.64. The van der Waals surface area contributed by atoms with Crippen molar-refractivity contribution in [3.63, 3.8) is 0 Å². The Morgan fingerprint density at radius 3 is 2.55 bits per heavy atom. The summed E-state index contributed by atoms with van der Waals surface area (Å²) < 4.78 is 13.0. The van der Waals surface area contributed by atoms with Crippen LogP contribution < -0.4 is 15.0 Å². The standard InChI is InChI=1S/C33H30ClN3O3/c1-21(2)27-18-28(22(3)16-31(27)39-4)32-36-30-15-8-6-13-26(30)33(38)37(32)35-19-23-10-9-12-25(17-23)40-20-24-11-5-7-14-29(24)34/h5-19,21H,20H2,1-4H3. The van der Waals surface area contributed by atoms with Gasteiger partial charge in [-0.2, -0.15) is 9.78 Å². The molecule has 6 nitrogen and oxygen atoms in total. The molecular formula is C33H30ClN3O3. The summed E-state index contributed by atoms with van der Waals surface area (Å²) in [5.41, 5.74) is 4.83. The van der Waals surface area contributed by atoms with Crippen LogP contribution in [0.2, 0.25) is 5.02 Å². The van der Waals surface area contributed by atoms with Gasteiger partial charge in [-0.25, -0.2) is 4.98 Å². The number of nitrogens with zero attached hydrogens (tertiary/aromatic N) is 3. The van der Waals surface area contributed by atoms with Crippen LogP contribution in [0.3, 0.4) is 0 Å². The fourth-order valence-electron chi connectivity index (χ4n) is 4.56. The Morgan fingerprint density at radius 2 is 1.77 bits per heavy atom. The second kappa shape index (κ2) is 11.8. The summed E-state index contributed by atoms with van der Waals surface area (Å²) in [6.45, 7) is 6.54. The van der Waals surface area contributed by atoms with Crippen molar-refractivity contribution in [1.82, 2.24) is 9.66 Å². The summed E-state index contributed by atoms with van der Waals surface area (Å²) >= 11 is 6.27. The van der Waals surface area contributed by atoms with E-state index in [1.54, 1.807) is 19.4 Å². The van der Waals surface area contributed by atoms with E-state index >= 15 is 0 Å². The van der Waals surface area contributed by atoms with Gasteiger partial charge in [0.25, 0.3) is 5.56 Å². The highest BCUT2D eigenvalue weighted by Crippen LogP contribution is 2.34. The Hall–Kier alpha value is -4.42. The molecule has 0 aliphatic heterocycles. The quantitative estimate of drug-likeness (QED) is 0.186. The van der Waals surface area contributed by atoms with Gasteiger partial charge in [-0.05, 0) is 72.0 Å². The number of hydrogen-bond donors (Lipinski definition) is 0. The van der Waals surface area contributed by atoms with Crippen molar-refractivity contribution < 1.29 is 9.47 Å². The first-order chi connectivity index (χ1) is 19.4. The van der Waals surface area contributed by atoms with Gasteiger partial charge in [0.1, 0.15) is 18.1 Å². The molecule has 0 saturated carbocycles. The zero-order valence-electron chi connectivity index (χ0n) is 22.9. The van der Waals surface area contributed by atoms with Gasteiger partial charge in [-0.3, -0.25) is 4.79 Å². The number of halogens is 1. The van der Waals surface area contributed by atoms with E-state index in [0.717, 1.165) is 33.6 Å². The van der Waals surface area contributed by atoms with Crippen molar-refractivity contribution in [2.24, 2.45) is 5.10 Å². The first-order valence-corrected chi connectivity index (χ1v) is 13.4. The number of para-hydroxylation sites is 1. The number of aryl methyl sites for hydroxylation is 1. The molecule has 0 bridgehead atoms. The SMILES string of the molecule is COc1cc(C)c(-c2nc3ccccc3c(=O)n2N=Cc2cccc(OCc3ccccc3Cl)c2)cc1C(C)C. The number of hydrogen-bond acceptors (Lipinski definition) is 5. The second-order valence-electron chi connectivity index (χ2n) is 9.83. The molecule has 0 radical (unpaired) electrons. The third-order valence-electron chi connectivity index (χ3n) is 6.73. The zero-order chi connectivity index (χ0) is 28.2. The second-order valence-corrected chi connectivity index (χ2v) is 10.2. The van der Waals surface area contributed by atoms with Crippen LogP contribution in [0.5, 0.6) is 11.5 Å². The van der Waals surface area contributed by atoms with E-state index in [4.69, 9.17) is 26.1 Å². The molecule has 0 aliphatic carbocycles. The van der Waals surface area contributed by atoms with Crippen molar-refractivity contribution in [2.45, 2.75) is 33.3 Å². The Bertz CT molecular complexity index is 1780. The van der Waals surface area contributed by atoms with Gasteiger partial charge in [-0.1, -0.05) is 67.9 Å². The lowest BCUT2D eigenvalue weighted by Crippen LogP contribution is -2.20. The summed E-state index contributed by atoms with van der Waals surface area (Å²) in [6, 6.07) is 26.5. The molecule has 4 aromatic carbocycles. The van der Waals surface area contributed by atoms with Gasteiger partial charge in [0.05, 0.1) is 24.2 Å². The maximum Gasteiger partial charge on any atom is 0.282 e. The normalized spacial score (nSPS) is 11.4. The van der Waals surface area contributed by atoms with Crippen LogP contribution >= 0.6 is 11.6 Å². The van der Waals surface area contributed by atoms with E-state index in [-0.39, 0.29) is 11.5 Å². The van der Waals surface area contributed by atoms with Crippen molar-refractivity contribution in [3.8, 4) is 22.9 Å².